The monoisotopic (exact) mass is 238 g/mol. The molecule has 4 heteroatoms. The average molecular weight is 238 g/mol. The van der Waals surface area contributed by atoms with Crippen LogP contribution in [0.25, 0.3) is 0 Å². The Morgan fingerprint density at radius 2 is 1.82 bits per heavy atom. The third kappa shape index (κ3) is 3.91. The maximum atomic E-state index is 5.66. The van der Waals surface area contributed by atoms with E-state index in [0.29, 0.717) is 6.54 Å². The van der Waals surface area contributed by atoms with Crippen LogP contribution in [0.4, 0.5) is 0 Å². The highest BCUT2D eigenvalue weighted by Crippen LogP contribution is 2.27. The number of methoxy groups -OCH3 is 2. The van der Waals surface area contributed by atoms with Crippen LogP contribution in [0.3, 0.4) is 0 Å². The Balaban J connectivity index is 2.73. The van der Waals surface area contributed by atoms with Crippen LogP contribution in [0.15, 0.2) is 18.2 Å². The highest BCUT2D eigenvalue weighted by Gasteiger charge is 2.14. The van der Waals surface area contributed by atoms with Gasteiger partial charge in [0, 0.05) is 18.6 Å². The first-order valence-corrected chi connectivity index (χ1v) is 5.68. The lowest BCUT2D eigenvalue weighted by Crippen LogP contribution is -2.45. The molecule has 0 aliphatic heterocycles. The maximum absolute atomic E-state index is 5.66. The molecule has 17 heavy (non-hydrogen) atoms. The van der Waals surface area contributed by atoms with Gasteiger partial charge in [-0.05, 0) is 31.5 Å². The van der Waals surface area contributed by atoms with Gasteiger partial charge in [-0.2, -0.15) is 0 Å². The second kappa shape index (κ2) is 5.89. The van der Waals surface area contributed by atoms with Crippen molar-refractivity contribution in [3.05, 3.63) is 23.8 Å². The van der Waals surface area contributed by atoms with Crippen LogP contribution in [0, 0.1) is 0 Å². The molecule has 4 nitrogen and oxygen atoms in total. The zero-order chi connectivity index (χ0) is 12.9. The first-order valence-electron chi connectivity index (χ1n) is 5.68. The summed E-state index contributed by atoms with van der Waals surface area (Å²) < 4.78 is 10.5. The Hall–Kier alpha value is -1.26. The summed E-state index contributed by atoms with van der Waals surface area (Å²) in [6.45, 7) is 5.51. The van der Waals surface area contributed by atoms with Gasteiger partial charge in [0.15, 0.2) is 11.5 Å². The minimum atomic E-state index is -0.0623. The highest BCUT2D eigenvalue weighted by molar-refractivity contribution is 5.42. The second-order valence-electron chi connectivity index (χ2n) is 4.63. The molecule has 0 bridgehead atoms. The zero-order valence-electron chi connectivity index (χ0n) is 11.0. The lowest BCUT2D eigenvalue weighted by atomic mass is 10.1. The van der Waals surface area contributed by atoms with Gasteiger partial charge >= 0.3 is 0 Å². The van der Waals surface area contributed by atoms with E-state index < -0.39 is 0 Å². The van der Waals surface area contributed by atoms with E-state index >= 15 is 0 Å². The van der Waals surface area contributed by atoms with Crippen molar-refractivity contribution in [1.29, 1.82) is 0 Å². The lowest BCUT2D eigenvalue weighted by molar-refractivity contribution is 0.353. The zero-order valence-corrected chi connectivity index (χ0v) is 11.0. The van der Waals surface area contributed by atoms with Crippen molar-refractivity contribution in [2.24, 2.45) is 5.73 Å². The fourth-order valence-corrected chi connectivity index (χ4v) is 1.40. The summed E-state index contributed by atoms with van der Waals surface area (Å²) in [5.41, 5.74) is 6.75. The third-order valence-corrected chi connectivity index (χ3v) is 2.73. The van der Waals surface area contributed by atoms with Crippen LogP contribution in [-0.4, -0.2) is 26.3 Å². The molecule has 0 aliphatic rings. The van der Waals surface area contributed by atoms with Crippen molar-refractivity contribution in [2.75, 3.05) is 20.8 Å². The molecule has 0 saturated carbocycles. The summed E-state index contributed by atoms with van der Waals surface area (Å²) >= 11 is 0. The van der Waals surface area contributed by atoms with Gasteiger partial charge < -0.3 is 20.5 Å². The van der Waals surface area contributed by atoms with Gasteiger partial charge in [0.05, 0.1) is 14.2 Å². The van der Waals surface area contributed by atoms with Crippen molar-refractivity contribution in [3.8, 4) is 11.5 Å². The third-order valence-electron chi connectivity index (χ3n) is 2.73. The van der Waals surface area contributed by atoms with Crippen LogP contribution < -0.4 is 20.5 Å². The SMILES string of the molecule is COc1ccc(CNC(C)(C)CN)cc1OC. The number of benzene rings is 1. The van der Waals surface area contributed by atoms with E-state index in [0.717, 1.165) is 23.6 Å². The predicted octanol–water partition coefficient (Wildman–Crippen LogP) is 1.53. The molecule has 3 N–H and O–H groups in total. The van der Waals surface area contributed by atoms with E-state index in [2.05, 4.69) is 19.2 Å². The van der Waals surface area contributed by atoms with Crippen LogP contribution in [-0.2, 0) is 6.54 Å². The van der Waals surface area contributed by atoms with E-state index in [1.807, 2.05) is 18.2 Å². The number of hydrogen-bond donors (Lipinski definition) is 2. The molecule has 0 atom stereocenters. The summed E-state index contributed by atoms with van der Waals surface area (Å²) in [6.07, 6.45) is 0. The van der Waals surface area contributed by atoms with Gasteiger partial charge in [-0.3, -0.25) is 0 Å². The largest absolute Gasteiger partial charge is 0.493 e. The first-order chi connectivity index (χ1) is 8.02. The maximum Gasteiger partial charge on any atom is 0.161 e. The Labute approximate surface area is 103 Å². The summed E-state index contributed by atoms with van der Waals surface area (Å²) in [6, 6.07) is 5.89. The number of rotatable bonds is 6. The summed E-state index contributed by atoms with van der Waals surface area (Å²) in [4.78, 5) is 0. The Bertz CT molecular complexity index is 364. The van der Waals surface area contributed by atoms with Gasteiger partial charge in [0.2, 0.25) is 0 Å². The predicted molar refractivity (Wildman–Crippen MR) is 69.5 cm³/mol. The molecule has 0 aromatic heterocycles. The standard InChI is InChI=1S/C13H22N2O2/c1-13(2,9-14)15-8-10-5-6-11(16-3)12(7-10)17-4/h5-7,15H,8-9,14H2,1-4H3. The lowest BCUT2D eigenvalue weighted by Gasteiger charge is -2.24. The van der Waals surface area contributed by atoms with Gasteiger partial charge in [0.1, 0.15) is 0 Å². The van der Waals surface area contributed by atoms with E-state index in [9.17, 15) is 0 Å². The summed E-state index contributed by atoms with van der Waals surface area (Å²) in [5.74, 6) is 1.49. The van der Waals surface area contributed by atoms with Gasteiger partial charge in [-0.1, -0.05) is 6.07 Å². The number of nitrogens with one attached hydrogen (secondary N) is 1. The van der Waals surface area contributed by atoms with Crippen molar-refractivity contribution >= 4 is 0 Å². The quantitative estimate of drug-likeness (QED) is 0.789. The molecule has 0 heterocycles. The molecule has 96 valence electrons. The van der Waals surface area contributed by atoms with Crippen LogP contribution in [0.2, 0.25) is 0 Å². The fraction of sp³-hybridized carbons (Fsp3) is 0.538. The molecule has 0 amide bonds. The molecular weight excluding hydrogens is 216 g/mol. The normalized spacial score (nSPS) is 11.4. The minimum Gasteiger partial charge on any atom is -0.493 e. The number of ether oxygens (including phenoxy) is 2. The van der Waals surface area contributed by atoms with E-state index in [4.69, 9.17) is 15.2 Å². The van der Waals surface area contributed by atoms with Crippen molar-refractivity contribution < 1.29 is 9.47 Å². The topological polar surface area (TPSA) is 56.5 Å². The van der Waals surface area contributed by atoms with E-state index in [-0.39, 0.29) is 5.54 Å². The van der Waals surface area contributed by atoms with Crippen molar-refractivity contribution in [3.63, 3.8) is 0 Å². The molecule has 0 aliphatic carbocycles. The first kappa shape index (κ1) is 13.8. The Morgan fingerprint density at radius 3 is 2.35 bits per heavy atom. The van der Waals surface area contributed by atoms with Gasteiger partial charge in [-0.15, -0.1) is 0 Å². The van der Waals surface area contributed by atoms with Crippen LogP contribution >= 0.6 is 0 Å². The second-order valence-corrected chi connectivity index (χ2v) is 4.63. The molecule has 0 fully saturated rings. The molecule has 1 aromatic carbocycles. The minimum absolute atomic E-state index is 0.0623. The van der Waals surface area contributed by atoms with Crippen LogP contribution in [0.5, 0.6) is 11.5 Å². The van der Waals surface area contributed by atoms with Gasteiger partial charge in [-0.25, -0.2) is 0 Å². The fourth-order valence-electron chi connectivity index (χ4n) is 1.40. The molecule has 1 aromatic rings. The van der Waals surface area contributed by atoms with Crippen molar-refractivity contribution in [1.82, 2.24) is 5.32 Å². The summed E-state index contributed by atoms with van der Waals surface area (Å²) in [5, 5.41) is 3.39. The molecule has 0 spiro atoms. The Kier molecular flexibility index (Phi) is 4.78. The van der Waals surface area contributed by atoms with Crippen LogP contribution in [0.1, 0.15) is 19.4 Å². The molecule has 0 radical (unpaired) electrons. The Morgan fingerprint density at radius 1 is 1.18 bits per heavy atom. The average Bonchev–Trinajstić information content (AvgIpc) is 2.36. The smallest absolute Gasteiger partial charge is 0.161 e. The highest BCUT2D eigenvalue weighted by atomic mass is 16.5. The molecular formula is C13H22N2O2. The number of nitrogens with two attached hydrogens (primary N) is 1. The van der Waals surface area contributed by atoms with Crippen molar-refractivity contribution in [2.45, 2.75) is 25.9 Å². The van der Waals surface area contributed by atoms with E-state index in [1.54, 1.807) is 14.2 Å². The number of hydrogen-bond acceptors (Lipinski definition) is 4. The molecule has 1 rings (SSSR count). The molecule has 0 unspecified atom stereocenters. The van der Waals surface area contributed by atoms with Gasteiger partial charge in [0.25, 0.3) is 0 Å². The molecule has 0 saturated heterocycles. The van der Waals surface area contributed by atoms with E-state index in [1.165, 1.54) is 0 Å². The summed E-state index contributed by atoms with van der Waals surface area (Å²) in [7, 11) is 3.27.